The molecule has 0 aromatic heterocycles. The first-order chi connectivity index (χ1) is 7.27. The fourth-order valence-electron chi connectivity index (χ4n) is 1.72. The third-order valence-corrected chi connectivity index (χ3v) is 2.78. The number of nitrogens with zero attached hydrogens (tertiary/aromatic N) is 2. The smallest absolute Gasteiger partial charge is 0.133 e. The third kappa shape index (κ3) is 1.44. The van der Waals surface area contributed by atoms with Gasteiger partial charge in [0.25, 0.3) is 0 Å². The van der Waals surface area contributed by atoms with Gasteiger partial charge in [-0.2, -0.15) is 10.5 Å². The standard InChI is InChI=1S/C12H6N2S/c13-6-8(7-14)11-5-12(15)10-4-2-1-3-9(10)11/h1-4H,5H2. The minimum absolute atomic E-state index is 0.169. The number of thiocarbonyl (C=S) groups is 1. The van der Waals surface area contributed by atoms with Crippen LogP contribution in [0.3, 0.4) is 0 Å². The van der Waals surface area contributed by atoms with Crippen LogP contribution in [0, 0.1) is 22.7 Å². The number of hydrogen-bond donors (Lipinski definition) is 0. The summed E-state index contributed by atoms with van der Waals surface area (Å²) in [6.07, 6.45) is 0.533. The third-order valence-electron chi connectivity index (χ3n) is 2.42. The summed E-state index contributed by atoms with van der Waals surface area (Å²) in [5.41, 5.74) is 2.84. The molecular formula is C12H6N2S. The average Bonchev–Trinajstić information content (AvgIpc) is 2.60. The Bertz CT molecular complexity index is 540. The van der Waals surface area contributed by atoms with E-state index in [1.54, 1.807) is 0 Å². The van der Waals surface area contributed by atoms with E-state index >= 15 is 0 Å². The summed E-state index contributed by atoms with van der Waals surface area (Å²) in [5.74, 6) is 0. The first-order valence-corrected chi connectivity index (χ1v) is 4.84. The van der Waals surface area contributed by atoms with Gasteiger partial charge in [-0.05, 0) is 16.7 Å². The van der Waals surface area contributed by atoms with Crippen LogP contribution < -0.4 is 0 Å². The van der Waals surface area contributed by atoms with Gasteiger partial charge in [-0.25, -0.2) is 0 Å². The van der Waals surface area contributed by atoms with Crippen LogP contribution in [0.1, 0.15) is 17.5 Å². The molecule has 0 N–H and O–H groups in total. The molecule has 0 unspecified atom stereocenters. The van der Waals surface area contributed by atoms with Crippen LogP contribution in [0.4, 0.5) is 0 Å². The number of fused-ring (bicyclic) bond motifs is 1. The van der Waals surface area contributed by atoms with Crippen molar-refractivity contribution < 1.29 is 0 Å². The molecule has 0 bridgehead atoms. The van der Waals surface area contributed by atoms with E-state index < -0.39 is 0 Å². The second-order valence-electron chi connectivity index (χ2n) is 3.22. The Kier molecular flexibility index (Phi) is 2.33. The van der Waals surface area contributed by atoms with E-state index in [-0.39, 0.29) is 5.57 Å². The molecule has 3 heteroatoms. The zero-order chi connectivity index (χ0) is 10.8. The Morgan fingerprint density at radius 1 is 1.13 bits per heavy atom. The molecular weight excluding hydrogens is 204 g/mol. The van der Waals surface area contributed by atoms with Crippen molar-refractivity contribution in [3.8, 4) is 12.1 Å². The first-order valence-electron chi connectivity index (χ1n) is 4.44. The summed E-state index contributed by atoms with van der Waals surface area (Å²) in [5, 5.41) is 17.6. The molecule has 1 aliphatic carbocycles. The van der Waals surface area contributed by atoms with Gasteiger partial charge in [0.2, 0.25) is 0 Å². The van der Waals surface area contributed by atoms with Crippen molar-refractivity contribution in [2.45, 2.75) is 6.42 Å². The molecule has 0 spiro atoms. The number of benzene rings is 1. The van der Waals surface area contributed by atoms with Crippen LogP contribution in [0.25, 0.3) is 5.57 Å². The highest BCUT2D eigenvalue weighted by Gasteiger charge is 2.23. The maximum atomic E-state index is 8.82. The van der Waals surface area contributed by atoms with Crippen LogP contribution >= 0.6 is 12.2 Å². The predicted octanol–water partition coefficient (Wildman–Crippen LogP) is 2.61. The zero-order valence-corrected chi connectivity index (χ0v) is 8.64. The highest BCUT2D eigenvalue weighted by molar-refractivity contribution is 7.81. The van der Waals surface area contributed by atoms with Gasteiger partial charge in [-0.15, -0.1) is 0 Å². The minimum Gasteiger partial charge on any atom is -0.192 e. The number of nitriles is 2. The van der Waals surface area contributed by atoms with Crippen LogP contribution in [-0.2, 0) is 0 Å². The van der Waals surface area contributed by atoms with Crippen molar-refractivity contribution in [1.82, 2.24) is 0 Å². The summed E-state index contributed by atoms with van der Waals surface area (Å²) < 4.78 is 0. The van der Waals surface area contributed by atoms with Crippen LogP contribution in [0.5, 0.6) is 0 Å². The molecule has 0 fully saturated rings. The van der Waals surface area contributed by atoms with Crippen LogP contribution in [0.15, 0.2) is 29.8 Å². The molecule has 0 saturated carbocycles. The molecule has 1 aliphatic rings. The van der Waals surface area contributed by atoms with Gasteiger partial charge in [0.05, 0.1) is 0 Å². The topological polar surface area (TPSA) is 47.6 Å². The molecule has 0 atom stereocenters. The normalized spacial score (nSPS) is 12.9. The summed E-state index contributed by atoms with van der Waals surface area (Å²) in [4.78, 5) is 0.809. The number of rotatable bonds is 0. The molecule has 0 heterocycles. The lowest BCUT2D eigenvalue weighted by atomic mass is 10.0. The van der Waals surface area contributed by atoms with Gasteiger partial charge in [-0.1, -0.05) is 36.5 Å². The highest BCUT2D eigenvalue weighted by Crippen LogP contribution is 2.34. The fraction of sp³-hybridized carbons (Fsp3) is 0.0833. The summed E-state index contributed by atoms with van der Waals surface area (Å²) in [6.45, 7) is 0. The SMILES string of the molecule is N#CC(C#N)=C1CC(=S)c2ccccc21. The minimum atomic E-state index is 0.169. The van der Waals surface area contributed by atoms with Crippen molar-refractivity contribution >= 4 is 22.7 Å². The lowest BCUT2D eigenvalue weighted by Gasteiger charge is -1.98. The van der Waals surface area contributed by atoms with E-state index in [0.717, 1.165) is 21.6 Å². The van der Waals surface area contributed by atoms with E-state index in [4.69, 9.17) is 22.7 Å². The summed E-state index contributed by atoms with van der Waals surface area (Å²) in [6, 6.07) is 11.5. The Morgan fingerprint density at radius 2 is 1.73 bits per heavy atom. The molecule has 0 amide bonds. The average molecular weight is 210 g/mol. The largest absolute Gasteiger partial charge is 0.192 e. The second kappa shape index (κ2) is 3.65. The number of allylic oxidation sites excluding steroid dienone is 2. The Balaban J connectivity index is 2.71. The summed E-state index contributed by atoms with van der Waals surface area (Å²) in [7, 11) is 0. The van der Waals surface area contributed by atoms with E-state index in [9.17, 15) is 0 Å². The van der Waals surface area contributed by atoms with Gasteiger partial charge in [0, 0.05) is 11.3 Å². The predicted molar refractivity (Wildman–Crippen MR) is 60.9 cm³/mol. The van der Waals surface area contributed by atoms with E-state index in [1.165, 1.54) is 0 Å². The van der Waals surface area contributed by atoms with Crippen LogP contribution in [0.2, 0.25) is 0 Å². The Morgan fingerprint density at radius 3 is 2.33 bits per heavy atom. The fourth-order valence-corrected chi connectivity index (χ4v) is 2.05. The quantitative estimate of drug-likeness (QED) is 0.488. The molecule has 0 radical (unpaired) electrons. The Hall–Kier alpha value is -1.97. The maximum absolute atomic E-state index is 8.82. The van der Waals surface area contributed by atoms with Gasteiger partial charge >= 0.3 is 0 Å². The van der Waals surface area contributed by atoms with Crippen molar-refractivity contribution in [3.05, 3.63) is 41.0 Å². The molecule has 2 nitrogen and oxygen atoms in total. The van der Waals surface area contributed by atoms with Crippen molar-refractivity contribution in [2.75, 3.05) is 0 Å². The maximum Gasteiger partial charge on any atom is 0.133 e. The highest BCUT2D eigenvalue weighted by atomic mass is 32.1. The second-order valence-corrected chi connectivity index (χ2v) is 3.72. The molecule has 0 saturated heterocycles. The van der Waals surface area contributed by atoms with Gasteiger partial charge in [0.15, 0.2) is 0 Å². The molecule has 2 rings (SSSR count). The van der Waals surface area contributed by atoms with Gasteiger partial charge in [0.1, 0.15) is 17.7 Å². The lowest BCUT2D eigenvalue weighted by Crippen LogP contribution is -1.86. The Labute approximate surface area is 93.1 Å². The number of hydrogen-bond acceptors (Lipinski definition) is 3. The van der Waals surface area contributed by atoms with E-state index in [0.29, 0.717) is 6.42 Å². The lowest BCUT2D eigenvalue weighted by molar-refractivity contribution is 1.44. The van der Waals surface area contributed by atoms with E-state index in [2.05, 4.69) is 0 Å². The molecule has 70 valence electrons. The monoisotopic (exact) mass is 210 g/mol. The van der Waals surface area contributed by atoms with Gasteiger partial charge in [-0.3, -0.25) is 0 Å². The molecule has 15 heavy (non-hydrogen) atoms. The zero-order valence-electron chi connectivity index (χ0n) is 7.82. The first kappa shape index (κ1) is 9.58. The van der Waals surface area contributed by atoms with Crippen molar-refractivity contribution in [3.63, 3.8) is 0 Å². The van der Waals surface area contributed by atoms with Crippen LogP contribution in [-0.4, -0.2) is 4.86 Å². The molecule has 1 aromatic carbocycles. The van der Waals surface area contributed by atoms with Crippen molar-refractivity contribution in [1.29, 1.82) is 10.5 Å². The van der Waals surface area contributed by atoms with Gasteiger partial charge < -0.3 is 0 Å². The van der Waals surface area contributed by atoms with E-state index in [1.807, 2.05) is 36.4 Å². The summed E-state index contributed by atoms with van der Waals surface area (Å²) >= 11 is 5.21. The molecule has 0 aliphatic heterocycles. The molecule has 1 aromatic rings. The van der Waals surface area contributed by atoms with Crippen molar-refractivity contribution in [2.24, 2.45) is 0 Å².